The van der Waals surface area contributed by atoms with E-state index in [0.717, 1.165) is 25.5 Å². The first-order valence-electron chi connectivity index (χ1n) is 8.67. The molecule has 3 saturated carbocycles. The third kappa shape index (κ3) is 2.80. The van der Waals surface area contributed by atoms with E-state index in [-0.39, 0.29) is 34.1 Å². The number of hydrogen-bond acceptors (Lipinski definition) is 7. The summed E-state index contributed by atoms with van der Waals surface area (Å²) in [6.07, 6.45) is 4.90. The fraction of sp³-hybridized carbons (Fsp3) is 0.389. The van der Waals surface area contributed by atoms with Crippen LogP contribution >= 0.6 is 11.6 Å². The van der Waals surface area contributed by atoms with Gasteiger partial charge in [0.15, 0.2) is 21.2 Å². The van der Waals surface area contributed by atoms with Crippen molar-refractivity contribution in [3.05, 3.63) is 47.0 Å². The van der Waals surface area contributed by atoms with Gasteiger partial charge in [0.2, 0.25) is 5.89 Å². The summed E-state index contributed by atoms with van der Waals surface area (Å²) in [5.74, 6) is 0.434. The quantitative estimate of drug-likeness (QED) is 0.629. The van der Waals surface area contributed by atoms with E-state index in [1.807, 2.05) is 0 Å². The molecule has 2 bridgehead atoms. The van der Waals surface area contributed by atoms with E-state index in [0.29, 0.717) is 22.1 Å². The molecule has 3 aromatic rings. The first-order chi connectivity index (χ1) is 13.2. The van der Waals surface area contributed by atoms with Crippen molar-refractivity contribution in [2.24, 2.45) is 0 Å². The topological polar surface area (TPSA) is 115 Å². The molecule has 0 aliphatic heterocycles. The van der Waals surface area contributed by atoms with E-state index in [9.17, 15) is 13.2 Å². The van der Waals surface area contributed by atoms with Gasteiger partial charge in [-0.25, -0.2) is 18.4 Å². The maximum absolute atomic E-state index is 12.5. The molecular formula is C18H16ClN3O5S. The second-order valence-electron chi connectivity index (χ2n) is 7.87. The predicted octanol–water partition coefficient (Wildman–Crippen LogP) is 2.62. The maximum Gasteiger partial charge on any atom is 0.287 e. The van der Waals surface area contributed by atoms with Gasteiger partial charge in [0.25, 0.3) is 5.91 Å². The molecule has 6 rings (SSSR count). The highest BCUT2D eigenvalue weighted by Crippen LogP contribution is 2.67. The van der Waals surface area contributed by atoms with Crippen LogP contribution in [0.3, 0.4) is 0 Å². The van der Waals surface area contributed by atoms with Crippen LogP contribution in [-0.2, 0) is 21.0 Å². The minimum absolute atomic E-state index is 0.111. The van der Waals surface area contributed by atoms with Crippen LogP contribution in [0.15, 0.2) is 33.2 Å². The Kier molecular flexibility index (Phi) is 3.52. The van der Waals surface area contributed by atoms with Crippen molar-refractivity contribution in [2.45, 2.75) is 36.0 Å². The van der Waals surface area contributed by atoms with Crippen LogP contribution in [0.25, 0.3) is 11.1 Å². The smallest absolute Gasteiger partial charge is 0.287 e. The number of halogens is 1. The molecule has 28 heavy (non-hydrogen) atoms. The van der Waals surface area contributed by atoms with Gasteiger partial charge < -0.3 is 14.2 Å². The van der Waals surface area contributed by atoms with E-state index in [1.54, 1.807) is 12.3 Å². The molecular weight excluding hydrogens is 406 g/mol. The molecule has 0 unspecified atom stereocenters. The number of rotatable bonds is 5. The molecule has 0 saturated heterocycles. The van der Waals surface area contributed by atoms with E-state index >= 15 is 0 Å². The second kappa shape index (κ2) is 5.57. The molecule has 0 atom stereocenters. The van der Waals surface area contributed by atoms with Crippen LogP contribution in [0.4, 0.5) is 0 Å². The van der Waals surface area contributed by atoms with Gasteiger partial charge in [-0.2, -0.15) is 0 Å². The SMILES string of the molecule is CS(=O)(=O)Cc1ccc(C(=O)NC23CC(c4nc5cnc(Cl)cc5o4)(C2)C3)o1. The Hall–Kier alpha value is -2.39. The lowest BCUT2D eigenvalue weighted by Gasteiger charge is -2.68. The summed E-state index contributed by atoms with van der Waals surface area (Å²) in [7, 11) is -3.22. The normalized spacial score (nSPS) is 25.9. The van der Waals surface area contributed by atoms with Crippen LogP contribution in [0, 0.1) is 0 Å². The number of carbonyl (C=O) groups excluding carboxylic acids is 1. The summed E-state index contributed by atoms with van der Waals surface area (Å²) in [4.78, 5) is 21.0. The Morgan fingerprint density at radius 2 is 2.04 bits per heavy atom. The van der Waals surface area contributed by atoms with Crippen molar-refractivity contribution in [3.63, 3.8) is 0 Å². The zero-order chi connectivity index (χ0) is 19.7. The van der Waals surface area contributed by atoms with E-state index in [2.05, 4.69) is 15.3 Å². The Balaban J connectivity index is 1.26. The number of furan rings is 1. The molecule has 8 nitrogen and oxygen atoms in total. The lowest BCUT2D eigenvalue weighted by Crippen LogP contribution is -2.76. The summed E-state index contributed by atoms with van der Waals surface area (Å²) < 4.78 is 33.9. The number of nitrogens with one attached hydrogen (secondary N) is 1. The third-order valence-corrected chi connectivity index (χ3v) is 6.41. The third-order valence-electron chi connectivity index (χ3n) is 5.39. The van der Waals surface area contributed by atoms with Gasteiger partial charge in [-0.15, -0.1) is 0 Å². The molecule has 3 aromatic heterocycles. The summed E-state index contributed by atoms with van der Waals surface area (Å²) in [5.41, 5.74) is 0.809. The molecule has 0 aromatic carbocycles. The van der Waals surface area contributed by atoms with Crippen LogP contribution in [0.5, 0.6) is 0 Å². The first-order valence-corrected chi connectivity index (χ1v) is 11.1. The number of amides is 1. The molecule has 3 heterocycles. The average Bonchev–Trinajstić information content (AvgIpc) is 3.13. The molecule has 1 amide bonds. The Bertz CT molecular complexity index is 1210. The number of sulfone groups is 1. The minimum atomic E-state index is -3.22. The number of carbonyl (C=O) groups is 1. The summed E-state index contributed by atoms with van der Waals surface area (Å²) in [6.45, 7) is 0. The highest BCUT2D eigenvalue weighted by atomic mass is 35.5. The van der Waals surface area contributed by atoms with Gasteiger partial charge in [0, 0.05) is 17.9 Å². The van der Waals surface area contributed by atoms with E-state index in [1.165, 1.54) is 12.1 Å². The fourth-order valence-corrected chi connectivity index (χ4v) is 5.14. The van der Waals surface area contributed by atoms with Crippen LogP contribution in [0.1, 0.15) is 41.5 Å². The maximum atomic E-state index is 12.5. The van der Waals surface area contributed by atoms with Crippen LogP contribution in [-0.4, -0.2) is 36.1 Å². The monoisotopic (exact) mass is 421 g/mol. The highest BCUT2D eigenvalue weighted by Gasteiger charge is 2.71. The highest BCUT2D eigenvalue weighted by molar-refractivity contribution is 7.89. The minimum Gasteiger partial charge on any atom is -0.455 e. The van der Waals surface area contributed by atoms with Gasteiger partial charge in [-0.3, -0.25) is 4.79 Å². The summed E-state index contributed by atoms with van der Waals surface area (Å²) in [5, 5.41) is 3.36. The zero-order valence-electron chi connectivity index (χ0n) is 14.9. The number of pyridine rings is 1. The summed E-state index contributed by atoms with van der Waals surface area (Å²) >= 11 is 5.89. The van der Waals surface area contributed by atoms with Crippen LogP contribution < -0.4 is 5.32 Å². The van der Waals surface area contributed by atoms with Gasteiger partial charge >= 0.3 is 0 Å². The molecule has 3 aliphatic rings. The number of oxazole rings is 1. The Labute approximate surface area is 165 Å². The van der Waals surface area contributed by atoms with E-state index < -0.39 is 9.84 Å². The standard InChI is InChI=1S/C18H16ClN3O5S/c1-28(24,25)6-10-2-3-12(26-10)15(23)22-18-7-17(8-18,9-18)16-21-11-5-20-14(19)4-13(11)27-16/h2-5H,6-9H2,1H3,(H,22,23). The van der Waals surface area contributed by atoms with Crippen molar-refractivity contribution in [1.29, 1.82) is 0 Å². The average molecular weight is 422 g/mol. The molecule has 146 valence electrons. The van der Waals surface area contributed by atoms with Gasteiger partial charge in [0.05, 0.1) is 11.6 Å². The summed E-state index contributed by atoms with van der Waals surface area (Å²) in [6, 6.07) is 4.65. The molecule has 0 spiro atoms. The van der Waals surface area contributed by atoms with E-state index in [4.69, 9.17) is 20.4 Å². The number of hydrogen-bond donors (Lipinski definition) is 1. The number of nitrogens with zero attached hydrogens (tertiary/aromatic N) is 2. The fourth-order valence-electron chi connectivity index (χ4n) is 4.32. The lowest BCUT2D eigenvalue weighted by atomic mass is 9.39. The van der Waals surface area contributed by atoms with Crippen molar-refractivity contribution >= 4 is 38.4 Å². The Morgan fingerprint density at radius 1 is 1.29 bits per heavy atom. The van der Waals surface area contributed by atoms with Crippen molar-refractivity contribution in [1.82, 2.24) is 15.3 Å². The van der Waals surface area contributed by atoms with Gasteiger partial charge in [0.1, 0.15) is 22.2 Å². The molecule has 3 aliphatic carbocycles. The molecule has 1 N–H and O–H groups in total. The number of aromatic nitrogens is 2. The van der Waals surface area contributed by atoms with Crippen molar-refractivity contribution in [3.8, 4) is 0 Å². The van der Waals surface area contributed by atoms with Crippen molar-refractivity contribution < 1.29 is 22.0 Å². The van der Waals surface area contributed by atoms with Gasteiger partial charge in [-0.05, 0) is 31.4 Å². The zero-order valence-corrected chi connectivity index (χ0v) is 16.4. The van der Waals surface area contributed by atoms with Gasteiger partial charge in [-0.1, -0.05) is 11.6 Å². The molecule has 10 heteroatoms. The van der Waals surface area contributed by atoms with Crippen LogP contribution in [0.2, 0.25) is 5.15 Å². The number of fused-ring (bicyclic) bond motifs is 1. The first kappa shape index (κ1) is 17.7. The Morgan fingerprint density at radius 3 is 2.75 bits per heavy atom. The lowest BCUT2D eigenvalue weighted by molar-refractivity contribution is -0.0958. The molecule has 0 radical (unpaired) electrons. The van der Waals surface area contributed by atoms with Crippen molar-refractivity contribution in [2.75, 3.05) is 6.26 Å². The second-order valence-corrected chi connectivity index (χ2v) is 10.4. The predicted molar refractivity (Wildman–Crippen MR) is 99.8 cm³/mol. The largest absolute Gasteiger partial charge is 0.455 e. The molecule has 3 fully saturated rings.